The summed E-state index contributed by atoms with van der Waals surface area (Å²) in [7, 11) is 0. The maximum Gasteiger partial charge on any atom is 0.418 e. The lowest BCUT2D eigenvalue weighted by Gasteiger charge is -2.16. The molecule has 0 saturated carbocycles. The first kappa shape index (κ1) is 21.4. The lowest BCUT2D eigenvalue weighted by atomic mass is 10.1. The lowest BCUT2D eigenvalue weighted by molar-refractivity contribution is -0.137. The molecule has 0 atom stereocenters. The number of amides is 2. The van der Waals surface area contributed by atoms with Crippen LogP contribution in [0.4, 0.5) is 18.9 Å². The van der Waals surface area contributed by atoms with Crippen LogP contribution >= 0.6 is 0 Å². The SMILES string of the molecule is O=C(COC(=O)c1cccc(CN2CCCC2=O)c1)Nc1ccccc1C(F)(F)F. The third-order valence-corrected chi connectivity index (χ3v) is 4.55. The zero-order chi connectivity index (χ0) is 21.7. The standard InChI is InChI=1S/C21H19F3N2O4/c22-21(23,24)16-7-1-2-8-17(16)25-18(27)13-30-20(29)15-6-3-5-14(11-15)12-26-10-4-9-19(26)28/h1-3,5-8,11H,4,9-10,12-13H2,(H,25,27). The summed E-state index contributed by atoms with van der Waals surface area (Å²) in [5.41, 5.74) is -0.483. The molecule has 1 fully saturated rings. The van der Waals surface area contributed by atoms with Gasteiger partial charge in [-0.25, -0.2) is 4.79 Å². The van der Waals surface area contributed by atoms with E-state index >= 15 is 0 Å². The number of para-hydroxylation sites is 1. The fraction of sp³-hybridized carbons (Fsp3) is 0.286. The van der Waals surface area contributed by atoms with Gasteiger partial charge in [-0.3, -0.25) is 9.59 Å². The normalized spacial score (nSPS) is 14.0. The monoisotopic (exact) mass is 420 g/mol. The van der Waals surface area contributed by atoms with Gasteiger partial charge in [-0.2, -0.15) is 13.2 Å². The molecule has 0 aliphatic carbocycles. The van der Waals surface area contributed by atoms with Crippen molar-refractivity contribution in [2.75, 3.05) is 18.5 Å². The van der Waals surface area contributed by atoms with Crippen molar-refractivity contribution < 1.29 is 32.3 Å². The number of esters is 1. The van der Waals surface area contributed by atoms with Crippen LogP contribution in [0.15, 0.2) is 48.5 Å². The summed E-state index contributed by atoms with van der Waals surface area (Å²) in [5, 5.41) is 2.11. The highest BCUT2D eigenvalue weighted by molar-refractivity contribution is 5.96. The highest BCUT2D eigenvalue weighted by Crippen LogP contribution is 2.34. The summed E-state index contributed by atoms with van der Waals surface area (Å²) < 4.78 is 43.9. The van der Waals surface area contributed by atoms with Gasteiger partial charge >= 0.3 is 12.1 Å². The van der Waals surface area contributed by atoms with Crippen molar-refractivity contribution in [3.8, 4) is 0 Å². The molecule has 1 heterocycles. The molecule has 2 aromatic carbocycles. The maximum absolute atomic E-state index is 13.0. The third kappa shape index (κ3) is 5.37. The number of rotatable bonds is 6. The molecule has 1 N–H and O–H groups in total. The van der Waals surface area contributed by atoms with Gasteiger partial charge in [0.05, 0.1) is 16.8 Å². The molecule has 1 saturated heterocycles. The molecule has 30 heavy (non-hydrogen) atoms. The topological polar surface area (TPSA) is 75.7 Å². The molecule has 9 heteroatoms. The number of nitrogens with one attached hydrogen (secondary N) is 1. The van der Waals surface area contributed by atoms with Gasteiger partial charge in [0, 0.05) is 19.5 Å². The van der Waals surface area contributed by atoms with Gasteiger partial charge in [-0.1, -0.05) is 24.3 Å². The zero-order valence-corrected chi connectivity index (χ0v) is 15.9. The molecule has 0 radical (unpaired) electrons. The van der Waals surface area contributed by atoms with Gasteiger partial charge in [0.1, 0.15) is 0 Å². The van der Waals surface area contributed by atoms with Crippen LogP contribution in [-0.4, -0.2) is 35.8 Å². The van der Waals surface area contributed by atoms with Gasteiger partial charge < -0.3 is 15.0 Å². The Morgan fingerprint density at radius 1 is 1.10 bits per heavy atom. The predicted molar refractivity (Wildman–Crippen MR) is 101 cm³/mol. The second-order valence-electron chi connectivity index (χ2n) is 6.79. The fourth-order valence-corrected chi connectivity index (χ4v) is 3.13. The van der Waals surface area contributed by atoms with Crippen LogP contribution in [0.5, 0.6) is 0 Å². The van der Waals surface area contributed by atoms with Crippen LogP contribution in [-0.2, 0) is 27.0 Å². The molecule has 1 aliphatic heterocycles. The van der Waals surface area contributed by atoms with E-state index in [4.69, 9.17) is 4.74 Å². The van der Waals surface area contributed by atoms with Crippen molar-refractivity contribution >= 4 is 23.5 Å². The summed E-state index contributed by atoms with van der Waals surface area (Å²) in [4.78, 5) is 37.6. The van der Waals surface area contributed by atoms with Crippen molar-refractivity contribution in [1.82, 2.24) is 4.90 Å². The minimum absolute atomic E-state index is 0.0544. The first-order valence-electron chi connectivity index (χ1n) is 9.24. The molecular formula is C21H19F3N2O4. The van der Waals surface area contributed by atoms with Crippen LogP contribution in [0.25, 0.3) is 0 Å². The zero-order valence-electron chi connectivity index (χ0n) is 15.9. The molecular weight excluding hydrogens is 401 g/mol. The van der Waals surface area contributed by atoms with Crippen LogP contribution in [0.2, 0.25) is 0 Å². The highest BCUT2D eigenvalue weighted by Gasteiger charge is 2.33. The Morgan fingerprint density at radius 3 is 2.57 bits per heavy atom. The predicted octanol–water partition coefficient (Wildman–Crippen LogP) is 3.62. The van der Waals surface area contributed by atoms with E-state index in [1.807, 2.05) is 0 Å². The number of anilines is 1. The molecule has 6 nitrogen and oxygen atoms in total. The summed E-state index contributed by atoms with van der Waals surface area (Å²) in [6.07, 6.45) is -3.32. The minimum atomic E-state index is -4.63. The molecule has 0 bridgehead atoms. The fourth-order valence-electron chi connectivity index (χ4n) is 3.13. The second kappa shape index (κ2) is 8.98. The maximum atomic E-state index is 13.0. The third-order valence-electron chi connectivity index (χ3n) is 4.55. The van der Waals surface area contributed by atoms with E-state index < -0.39 is 35.9 Å². The van der Waals surface area contributed by atoms with E-state index in [0.717, 1.165) is 24.1 Å². The van der Waals surface area contributed by atoms with E-state index in [-0.39, 0.29) is 11.5 Å². The van der Waals surface area contributed by atoms with Gasteiger partial charge in [-0.15, -0.1) is 0 Å². The number of carbonyl (C=O) groups is 3. The molecule has 1 aliphatic rings. The largest absolute Gasteiger partial charge is 0.452 e. The van der Waals surface area contributed by atoms with Gasteiger partial charge in [0.25, 0.3) is 5.91 Å². The Bertz CT molecular complexity index is 959. The number of ether oxygens (including phenoxy) is 1. The number of likely N-dealkylation sites (tertiary alicyclic amines) is 1. The van der Waals surface area contributed by atoms with Crippen LogP contribution in [0.3, 0.4) is 0 Å². The number of nitrogens with zero attached hydrogens (tertiary/aromatic N) is 1. The quantitative estimate of drug-likeness (QED) is 0.725. The Hall–Kier alpha value is -3.36. The Balaban J connectivity index is 1.58. The molecule has 3 rings (SSSR count). The van der Waals surface area contributed by atoms with Crippen molar-refractivity contribution in [1.29, 1.82) is 0 Å². The van der Waals surface area contributed by atoms with Crippen molar-refractivity contribution in [2.24, 2.45) is 0 Å². The van der Waals surface area contributed by atoms with E-state index in [1.54, 1.807) is 23.1 Å². The molecule has 0 spiro atoms. The highest BCUT2D eigenvalue weighted by atomic mass is 19.4. The van der Waals surface area contributed by atoms with Crippen LogP contribution in [0.1, 0.15) is 34.3 Å². The van der Waals surface area contributed by atoms with E-state index in [1.165, 1.54) is 18.2 Å². The molecule has 2 amide bonds. The average molecular weight is 420 g/mol. The van der Waals surface area contributed by atoms with Crippen molar-refractivity contribution in [3.63, 3.8) is 0 Å². The van der Waals surface area contributed by atoms with Crippen molar-refractivity contribution in [3.05, 3.63) is 65.2 Å². The first-order valence-corrected chi connectivity index (χ1v) is 9.24. The Labute approximate surface area is 170 Å². The van der Waals surface area contributed by atoms with Crippen LogP contribution < -0.4 is 5.32 Å². The molecule has 2 aromatic rings. The van der Waals surface area contributed by atoms with Gasteiger partial charge in [0.2, 0.25) is 5.91 Å². The molecule has 158 valence electrons. The summed E-state index contributed by atoms with van der Waals surface area (Å²) in [6, 6.07) is 11.0. The van der Waals surface area contributed by atoms with Crippen LogP contribution in [0, 0.1) is 0 Å². The molecule has 0 aromatic heterocycles. The van der Waals surface area contributed by atoms with E-state index in [9.17, 15) is 27.6 Å². The number of alkyl halides is 3. The van der Waals surface area contributed by atoms with Gasteiger partial charge in [0.15, 0.2) is 6.61 Å². The Kier molecular flexibility index (Phi) is 6.39. The van der Waals surface area contributed by atoms with E-state index in [2.05, 4.69) is 5.32 Å². The lowest BCUT2D eigenvalue weighted by Crippen LogP contribution is -2.24. The number of hydrogen-bond acceptors (Lipinski definition) is 4. The van der Waals surface area contributed by atoms with Gasteiger partial charge in [-0.05, 0) is 36.2 Å². The minimum Gasteiger partial charge on any atom is -0.452 e. The average Bonchev–Trinajstić information content (AvgIpc) is 3.10. The number of carbonyl (C=O) groups excluding carboxylic acids is 3. The first-order chi connectivity index (χ1) is 14.2. The summed E-state index contributed by atoms with van der Waals surface area (Å²) in [5.74, 6) is -1.62. The number of benzene rings is 2. The second-order valence-corrected chi connectivity index (χ2v) is 6.79. The number of halogens is 3. The Morgan fingerprint density at radius 2 is 1.87 bits per heavy atom. The van der Waals surface area contributed by atoms with Crippen molar-refractivity contribution in [2.45, 2.75) is 25.6 Å². The molecule has 0 unspecified atom stereocenters. The number of hydrogen-bond donors (Lipinski definition) is 1. The smallest absolute Gasteiger partial charge is 0.418 e. The van der Waals surface area contributed by atoms with E-state index in [0.29, 0.717) is 19.5 Å². The summed E-state index contributed by atoms with van der Waals surface area (Å²) >= 11 is 0. The summed E-state index contributed by atoms with van der Waals surface area (Å²) in [6.45, 7) is 0.293.